The van der Waals surface area contributed by atoms with Gasteiger partial charge in [-0.1, -0.05) is 24.3 Å². The summed E-state index contributed by atoms with van der Waals surface area (Å²) in [5, 5.41) is 2.90. The topological polar surface area (TPSA) is 0 Å². The molecule has 0 saturated heterocycles. The lowest BCUT2D eigenvalue weighted by Gasteiger charge is -2.06. The maximum atomic E-state index is 2.46. The fourth-order valence-corrected chi connectivity index (χ4v) is 2.45. The largest absolute Gasteiger partial charge is 0.0760 e. The Morgan fingerprint density at radius 2 is 2.17 bits per heavy atom. The van der Waals surface area contributed by atoms with Crippen LogP contribution in [-0.2, 0) is 0 Å². The van der Waals surface area contributed by atoms with Gasteiger partial charge in [-0.15, -0.1) is 0 Å². The fraction of sp³-hybridized carbons (Fsp3) is 0.273. The first-order valence-electron chi connectivity index (χ1n) is 4.23. The predicted octanol–water partition coefficient (Wildman–Crippen LogP) is 2.11. The normalized spacial score (nSPS) is 15.3. The van der Waals surface area contributed by atoms with Crippen molar-refractivity contribution in [3.8, 4) is 0 Å². The molecule has 12 heavy (non-hydrogen) atoms. The molecule has 0 spiro atoms. The first kappa shape index (κ1) is 8.30. The number of hydrogen-bond donors (Lipinski definition) is 0. The number of benzene rings is 1. The van der Waals surface area contributed by atoms with Crippen LogP contribution in [0.4, 0.5) is 0 Å². The van der Waals surface area contributed by atoms with Gasteiger partial charge in [-0.2, -0.15) is 0 Å². The van der Waals surface area contributed by atoms with Gasteiger partial charge in [-0.25, -0.2) is 0 Å². The van der Waals surface area contributed by atoms with Gasteiger partial charge in [0, 0.05) is 0 Å². The van der Waals surface area contributed by atoms with Gasteiger partial charge >= 0.3 is 0 Å². The molecule has 1 heteroatoms. The van der Waals surface area contributed by atoms with E-state index in [2.05, 4.69) is 53.8 Å². The van der Waals surface area contributed by atoms with Gasteiger partial charge in [0.05, 0.1) is 0 Å². The Morgan fingerprint density at radius 1 is 1.33 bits per heavy atom. The van der Waals surface area contributed by atoms with Crippen LogP contribution in [0.5, 0.6) is 0 Å². The van der Waals surface area contributed by atoms with Crippen molar-refractivity contribution in [3.05, 3.63) is 34.2 Å². The summed E-state index contributed by atoms with van der Waals surface area (Å²) < 4.78 is 1.51. The van der Waals surface area contributed by atoms with Gasteiger partial charge < -0.3 is 0 Å². The van der Waals surface area contributed by atoms with E-state index in [1.54, 1.807) is 0 Å². The summed E-state index contributed by atoms with van der Waals surface area (Å²) in [7, 11) is 0. The van der Waals surface area contributed by atoms with E-state index in [-0.39, 0.29) is 0 Å². The van der Waals surface area contributed by atoms with Crippen molar-refractivity contribution in [3.63, 3.8) is 0 Å². The fourth-order valence-electron chi connectivity index (χ4n) is 1.67. The summed E-state index contributed by atoms with van der Waals surface area (Å²) in [6.07, 6.45) is 4.78. The molecule has 0 nitrogen and oxygen atoms in total. The van der Waals surface area contributed by atoms with Crippen molar-refractivity contribution in [2.24, 2.45) is 0 Å². The Labute approximate surface area is 86.1 Å². The molecule has 2 rings (SSSR count). The molecule has 0 heterocycles. The third kappa shape index (κ3) is 1.30. The molecular formula is C11H11I. The molecule has 1 aliphatic carbocycles. The number of fused-ring (bicyclic) bond motifs is 1. The van der Waals surface area contributed by atoms with Gasteiger partial charge in [0.1, 0.15) is 0 Å². The first-order chi connectivity index (χ1) is 5.79. The molecular weight excluding hydrogens is 259 g/mol. The molecule has 1 aromatic carbocycles. The molecule has 0 aromatic heterocycles. The Morgan fingerprint density at radius 3 is 2.92 bits per heavy atom. The minimum Gasteiger partial charge on any atom is -0.0760 e. The summed E-state index contributed by atoms with van der Waals surface area (Å²) in [4.78, 5) is 0. The summed E-state index contributed by atoms with van der Waals surface area (Å²) in [5.74, 6) is 0. The third-order valence-corrected chi connectivity index (χ3v) is 3.45. The van der Waals surface area contributed by atoms with Crippen molar-refractivity contribution in [2.75, 3.05) is 0 Å². The van der Waals surface area contributed by atoms with Crippen molar-refractivity contribution in [1.29, 1.82) is 0 Å². The molecule has 0 amide bonds. The van der Waals surface area contributed by atoms with Crippen molar-refractivity contribution < 1.29 is 0 Å². The van der Waals surface area contributed by atoms with Crippen LogP contribution in [0.2, 0.25) is 0 Å². The standard InChI is InChI=1S/C11H11I/c1-8-4-2-6-10-9(8)5-3-7-11(10)12/h2,4-6H,3,7H2,1H3. The zero-order valence-corrected chi connectivity index (χ0v) is 9.26. The molecule has 0 radical (unpaired) electrons. The average Bonchev–Trinajstić information content (AvgIpc) is 2.07. The second-order valence-corrected chi connectivity index (χ2v) is 4.49. The highest BCUT2D eigenvalue weighted by Crippen LogP contribution is 2.15. The van der Waals surface area contributed by atoms with E-state index in [4.69, 9.17) is 0 Å². The molecule has 1 aliphatic rings. The summed E-state index contributed by atoms with van der Waals surface area (Å²) in [5.41, 5.74) is 1.40. The Balaban J connectivity index is 2.93. The lowest BCUT2D eigenvalue weighted by Crippen LogP contribution is -2.30. The van der Waals surface area contributed by atoms with Gasteiger partial charge in [0.2, 0.25) is 0 Å². The van der Waals surface area contributed by atoms with Crippen LogP contribution in [0.15, 0.2) is 18.2 Å². The maximum absolute atomic E-state index is 2.46. The summed E-state index contributed by atoms with van der Waals surface area (Å²) >= 11 is 2.46. The monoisotopic (exact) mass is 270 g/mol. The van der Waals surface area contributed by atoms with Crippen molar-refractivity contribution in [2.45, 2.75) is 19.8 Å². The Bertz CT molecular complexity index is 415. The molecule has 62 valence electrons. The van der Waals surface area contributed by atoms with Gasteiger partial charge in [0.15, 0.2) is 0 Å². The number of hydrogen-bond acceptors (Lipinski definition) is 0. The second kappa shape index (κ2) is 3.21. The molecule has 0 fully saturated rings. The van der Waals surface area contributed by atoms with Gasteiger partial charge in [-0.3, -0.25) is 0 Å². The van der Waals surface area contributed by atoms with Gasteiger partial charge in [-0.05, 0) is 61.9 Å². The van der Waals surface area contributed by atoms with E-state index in [0.29, 0.717) is 0 Å². The first-order valence-corrected chi connectivity index (χ1v) is 5.31. The third-order valence-electron chi connectivity index (χ3n) is 2.33. The van der Waals surface area contributed by atoms with Crippen LogP contribution >= 0.6 is 22.6 Å². The molecule has 1 aromatic rings. The molecule has 0 bridgehead atoms. The van der Waals surface area contributed by atoms with E-state index >= 15 is 0 Å². The van der Waals surface area contributed by atoms with E-state index in [9.17, 15) is 0 Å². The highest BCUT2D eigenvalue weighted by molar-refractivity contribution is 14.1. The SMILES string of the molecule is Cc1cccc2c1=CCCC=2I. The predicted molar refractivity (Wildman–Crippen MR) is 61.6 cm³/mol. The Hall–Kier alpha value is -0.310. The Kier molecular flexibility index (Phi) is 2.22. The van der Waals surface area contributed by atoms with Crippen LogP contribution in [0, 0.1) is 6.92 Å². The van der Waals surface area contributed by atoms with Crippen molar-refractivity contribution >= 4 is 32.2 Å². The summed E-state index contributed by atoms with van der Waals surface area (Å²) in [6.45, 7) is 2.19. The second-order valence-electron chi connectivity index (χ2n) is 3.18. The molecule has 0 N–H and O–H groups in total. The van der Waals surface area contributed by atoms with Crippen LogP contribution < -0.4 is 10.4 Å². The van der Waals surface area contributed by atoms with E-state index in [1.807, 2.05) is 0 Å². The number of halogens is 1. The van der Waals surface area contributed by atoms with E-state index < -0.39 is 0 Å². The molecule has 0 saturated carbocycles. The highest BCUT2D eigenvalue weighted by atomic mass is 127. The molecule has 0 aliphatic heterocycles. The minimum absolute atomic E-state index is 1.20. The minimum atomic E-state index is 1.20. The average molecular weight is 270 g/mol. The molecule has 0 unspecified atom stereocenters. The van der Waals surface area contributed by atoms with Gasteiger partial charge in [0.25, 0.3) is 0 Å². The smallest absolute Gasteiger partial charge is 0.00126 e. The summed E-state index contributed by atoms with van der Waals surface area (Å²) in [6, 6.07) is 6.55. The lowest BCUT2D eigenvalue weighted by molar-refractivity contribution is 1.10. The zero-order valence-electron chi connectivity index (χ0n) is 7.10. The quantitative estimate of drug-likeness (QED) is 0.633. The van der Waals surface area contributed by atoms with Crippen LogP contribution in [-0.4, -0.2) is 0 Å². The van der Waals surface area contributed by atoms with Crippen LogP contribution in [0.25, 0.3) is 9.66 Å². The number of rotatable bonds is 0. The van der Waals surface area contributed by atoms with E-state index in [1.165, 1.54) is 32.4 Å². The van der Waals surface area contributed by atoms with Crippen LogP contribution in [0.3, 0.4) is 0 Å². The van der Waals surface area contributed by atoms with Crippen molar-refractivity contribution in [1.82, 2.24) is 0 Å². The molecule has 0 atom stereocenters. The lowest BCUT2D eigenvalue weighted by atomic mass is 10.0. The highest BCUT2D eigenvalue weighted by Gasteiger charge is 2.01. The number of aryl methyl sites for hydroxylation is 1. The zero-order chi connectivity index (χ0) is 8.55. The maximum Gasteiger partial charge on any atom is -0.00126 e. The van der Waals surface area contributed by atoms with Crippen LogP contribution in [0.1, 0.15) is 18.4 Å². The van der Waals surface area contributed by atoms with E-state index in [0.717, 1.165) is 0 Å².